The van der Waals surface area contributed by atoms with Crippen LogP contribution in [0.1, 0.15) is 11.1 Å². The van der Waals surface area contributed by atoms with E-state index in [4.69, 9.17) is 0 Å². The zero-order chi connectivity index (χ0) is 7.72. The lowest BCUT2D eigenvalue weighted by molar-refractivity contribution is -0.256. The maximum atomic E-state index is 3.94. The van der Waals surface area contributed by atoms with Crippen LogP contribution in [-0.2, 0) is 0 Å². The van der Waals surface area contributed by atoms with E-state index in [9.17, 15) is 0 Å². The van der Waals surface area contributed by atoms with Crippen LogP contribution in [0, 0.1) is 13.8 Å². The highest BCUT2D eigenvalue weighted by Crippen LogP contribution is 2.20. The van der Waals surface area contributed by atoms with E-state index in [1.54, 1.807) is 0 Å². The molecule has 0 saturated carbocycles. The van der Waals surface area contributed by atoms with Crippen LogP contribution in [0.25, 0.3) is 0 Å². The summed E-state index contributed by atoms with van der Waals surface area (Å²) in [6.07, 6.45) is 0. The Hall–Kier alpha value is 0.100. The first-order valence-corrected chi connectivity index (χ1v) is 3.99. The van der Waals surface area contributed by atoms with Gasteiger partial charge in [0.05, 0.1) is 0 Å². The molecule has 0 aliphatic rings. The van der Waals surface area contributed by atoms with E-state index < -0.39 is 0 Å². The fraction of sp³-hybridized carbons (Fsp3) is 0.250. The Morgan fingerprint density at radius 3 is 1.83 bits per heavy atom. The van der Waals surface area contributed by atoms with Crippen molar-refractivity contribution >= 4 is 21.6 Å². The highest BCUT2D eigenvalue weighted by molar-refractivity contribution is 9.10. The van der Waals surface area contributed by atoms with Gasteiger partial charge in [-0.1, -0.05) is 15.9 Å². The molecule has 0 spiro atoms. The normalized spacial score (nSPS) is 8.33. The Morgan fingerprint density at radius 1 is 1.17 bits per heavy atom. The van der Waals surface area contributed by atoms with Crippen molar-refractivity contribution in [2.75, 3.05) is 0 Å². The van der Waals surface area contributed by atoms with Gasteiger partial charge in [-0.2, -0.15) is 0 Å². The van der Waals surface area contributed by atoms with Gasteiger partial charge in [-0.3, -0.25) is 0 Å². The molecule has 0 aliphatic heterocycles. The van der Waals surface area contributed by atoms with E-state index in [0.717, 1.165) is 10.2 Å². The number of hydrogen-bond acceptors (Lipinski definition) is 0. The van der Waals surface area contributed by atoms with Crippen LogP contribution < -0.4 is 22.7 Å². The molecule has 70 valence electrons. The molecular formula is C8H13Br2NO. The summed E-state index contributed by atoms with van der Waals surface area (Å²) in [6, 6.07) is 4.16. The van der Waals surface area contributed by atoms with Crippen molar-refractivity contribution in [2.24, 2.45) is 0 Å². The van der Waals surface area contributed by atoms with Crippen molar-refractivity contribution in [1.82, 2.24) is 0 Å². The monoisotopic (exact) mass is 297 g/mol. The second-order valence-corrected chi connectivity index (χ2v) is 3.43. The van der Waals surface area contributed by atoms with Crippen LogP contribution in [0.3, 0.4) is 0 Å². The number of quaternary nitrogens is 1. The molecule has 0 amide bonds. The average molecular weight is 299 g/mol. The summed E-state index contributed by atoms with van der Waals surface area (Å²) < 4.78 is 1.13. The molecule has 5 N–H and O–H groups in total. The van der Waals surface area contributed by atoms with Crippen molar-refractivity contribution in [1.29, 1.82) is 0 Å². The van der Waals surface area contributed by atoms with Gasteiger partial charge in [0, 0.05) is 15.6 Å². The molecule has 0 atom stereocenters. The van der Waals surface area contributed by atoms with Crippen molar-refractivity contribution in [3.63, 3.8) is 0 Å². The van der Waals surface area contributed by atoms with Crippen LogP contribution in [0.5, 0.6) is 0 Å². The van der Waals surface area contributed by atoms with Crippen LogP contribution in [-0.4, -0.2) is 5.48 Å². The van der Waals surface area contributed by atoms with Gasteiger partial charge in [0.1, 0.15) is 5.69 Å². The van der Waals surface area contributed by atoms with Crippen LogP contribution in [0.2, 0.25) is 0 Å². The molecule has 0 unspecified atom stereocenters. The molecule has 1 rings (SSSR count). The third kappa shape index (κ3) is 3.23. The Morgan fingerprint density at radius 2 is 1.50 bits per heavy atom. The van der Waals surface area contributed by atoms with E-state index in [0.29, 0.717) is 0 Å². The quantitative estimate of drug-likeness (QED) is 0.583. The Kier molecular flexibility index (Phi) is 6.94. The fourth-order valence-electron chi connectivity index (χ4n) is 0.941. The Labute approximate surface area is 91.4 Å². The standard InChI is InChI=1S/C8H10BrN.BrH.H2O/c1-5-3-7(9)4-6(2)8(5)10;;/h3-4H,10H2,1-2H3;1H;1H2. The van der Waals surface area contributed by atoms with Gasteiger partial charge in [-0.05, 0) is 26.0 Å². The van der Waals surface area contributed by atoms with Gasteiger partial charge in [0.15, 0.2) is 0 Å². The molecule has 2 nitrogen and oxygen atoms in total. The molecular weight excluding hydrogens is 286 g/mol. The summed E-state index contributed by atoms with van der Waals surface area (Å²) in [5.74, 6) is 0. The highest BCUT2D eigenvalue weighted by atomic mass is 79.9. The lowest BCUT2D eigenvalue weighted by Crippen LogP contribution is -3.00. The van der Waals surface area contributed by atoms with Gasteiger partial charge in [0.25, 0.3) is 0 Å². The molecule has 0 aliphatic carbocycles. The van der Waals surface area contributed by atoms with E-state index in [2.05, 4.69) is 47.6 Å². The lowest BCUT2D eigenvalue weighted by Gasteiger charge is -1.99. The van der Waals surface area contributed by atoms with Crippen molar-refractivity contribution in [2.45, 2.75) is 13.8 Å². The molecule has 1 aromatic rings. The van der Waals surface area contributed by atoms with Crippen LogP contribution in [0.15, 0.2) is 16.6 Å². The van der Waals surface area contributed by atoms with E-state index >= 15 is 0 Å². The summed E-state index contributed by atoms with van der Waals surface area (Å²) in [5, 5.41) is 0. The number of halogens is 2. The smallest absolute Gasteiger partial charge is 0.133 e. The molecule has 0 heterocycles. The molecule has 1 aromatic carbocycles. The topological polar surface area (TPSA) is 59.1 Å². The lowest BCUT2D eigenvalue weighted by atomic mass is 10.1. The van der Waals surface area contributed by atoms with Gasteiger partial charge in [0.2, 0.25) is 0 Å². The Bertz CT molecular complexity index is 240. The van der Waals surface area contributed by atoms with Gasteiger partial charge in [-0.15, -0.1) is 0 Å². The molecule has 12 heavy (non-hydrogen) atoms. The maximum Gasteiger partial charge on any atom is 0.133 e. The molecule has 0 aromatic heterocycles. The van der Waals surface area contributed by atoms with E-state index in [1.807, 2.05) is 0 Å². The second-order valence-electron chi connectivity index (χ2n) is 2.52. The van der Waals surface area contributed by atoms with Gasteiger partial charge in [-0.25, -0.2) is 0 Å². The summed E-state index contributed by atoms with van der Waals surface area (Å²) >= 11 is 3.42. The summed E-state index contributed by atoms with van der Waals surface area (Å²) in [7, 11) is 0. The fourth-order valence-corrected chi connectivity index (χ4v) is 1.63. The van der Waals surface area contributed by atoms with Crippen LogP contribution >= 0.6 is 15.9 Å². The van der Waals surface area contributed by atoms with Crippen molar-refractivity contribution in [3.8, 4) is 0 Å². The zero-order valence-electron chi connectivity index (χ0n) is 7.12. The van der Waals surface area contributed by atoms with Gasteiger partial charge < -0.3 is 28.2 Å². The summed E-state index contributed by atoms with van der Waals surface area (Å²) in [6.45, 7) is 4.14. The van der Waals surface area contributed by atoms with E-state index in [-0.39, 0.29) is 22.5 Å². The van der Waals surface area contributed by atoms with Crippen molar-refractivity contribution < 1.29 is 28.2 Å². The predicted octanol–water partition coefficient (Wildman–Crippen LogP) is -1.88. The second kappa shape index (κ2) is 5.70. The maximum absolute atomic E-state index is 3.94. The predicted molar refractivity (Wildman–Crippen MR) is 49.8 cm³/mol. The number of aryl methyl sites for hydroxylation is 2. The molecule has 0 fully saturated rings. The Balaban J connectivity index is 0. The van der Waals surface area contributed by atoms with E-state index in [1.165, 1.54) is 11.1 Å². The zero-order valence-corrected chi connectivity index (χ0v) is 10.3. The minimum absolute atomic E-state index is 0. The first kappa shape index (κ1) is 14.6. The van der Waals surface area contributed by atoms with Crippen molar-refractivity contribution in [3.05, 3.63) is 27.7 Å². The number of benzene rings is 1. The summed E-state index contributed by atoms with van der Waals surface area (Å²) in [4.78, 5) is 0. The third-order valence-electron chi connectivity index (χ3n) is 1.66. The number of hydrogen-bond donors (Lipinski definition) is 1. The summed E-state index contributed by atoms with van der Waals surface area (Å²) in [5.41, 5.74) is 7.57. The molecule has 0 radical (unpaired) electrons. The minimum atomic E-state index is 0. The third-order valence-corrected chi connectivity index (χ3v) is 2.12. The average Bonchev–Trinajstić information content (AvgIpc) is 1.82. The minimum Gasteiger partial charge on any atom is -1.00 e. The SMILES string of the molecule is Cc1cc(Br)cc(C)c1[NH3+].O.[Br-]. The number of rotatable bonds is 0. The molecule has 4 heteroatoms. The molecule has 0 saturated heterocycles. The highest BCUT2D eigenvalue weighted by Gasteiger charge is 2.01. The molecule has 0 bridgehead atoms. The van der Waals surface area contributed by atoms with Crippen LogP contribution in [0.4, 0.5) is 5.69 Å². The first-order chi connectivity index (χ1) is 4.61. The first-order valence-electron chi connectivity index (χ1n) is 3.20. The van der Waals surface area contributed by atoms with Gasteiger partial charge >= 0.3 is 0 Å². The largest absolute Gasteiger partial charge is 1.00 e.